The molecule has 3 rings (SSSR count). The molecule has 1 saturated heterocycles. The van der Waals surface area contributed by atoms with Crippen molar-refractivity contribution in [2.45, 2.75) is 37.7 Å². The van der Waals surface area contributed by atoms with Gasteiger partial charge in [-0.05, 0) is 43.1 Å². The molecule has 2 unspecified atom stereocenters. The lowest BCUT2D eigenvalue weighted by Crippen LogP contribution is -2.38. The second-order valence-electron chi connectivity index (χ2n) is 6.47. The molecule has 8 nitrogen and oxygen atoms in total. The number of hydrogen-bond acceptors (Lipinski definition) is 5. The van der Waals surface area contributed by atoms with E-state index in [9.17, 15) is 18.0 Å². The van der Waals surface area contributed by atoms with Crippen molar-refractivity contribution in [3.63, 3.8) is 0 Å². The molecule has 0 aliphatic carbocycles. The highest BCUT2D eigenvalue weighted by atomic mass is 19.4. The first kappa shape index (κ1) is 22.5. The van der Waals surface area contributed by atoms with E-state index in [0.29, 0.717) is 19.4 Å². The number of amides is 1. The zero-order valence-electron chi connectivity index (χ0n) is 15.7. The first-order valence-electron chi connectivity index (χ1n) is 8.77. The number of H-pyrrole nitrogens is 1. The van der Waals surface area contributed by atoms with Crippen LogP contribution in [0.25, 0.3) is 0 Å². The molecule has 1 aromatic carbocycles. The highest BCUT2D eigenvalue weighted by Crippen LogP contribution is 2.27. The molecule has 2 atom stereocenters. The quantitative estimate of drug-likeness (QED) is 0.664. The monoisotopic (exact) mass is 416 g/mol. The van der Waals surface area contributed by atoms with Gasteiger partial charge in [0.1, 0.15) is 11.9 Å². The second-order valence-corrected chi connectivity index (χ2v) is 6.47. The minimum absolute atomic E-state index is 0. The van der Waals surface area contributed by atoms with Crippen molar-refractivity contribution in [2.24, 2.45) is 0 Å². The largest absolute Gasteiger partial charge is 0.497 e. The number of alkyl halides is 3. The molecule has 0 saturated carbocycles. The lowest BCUT2D eigenvalue weighted by Gasteiger charge is -2.20. The Morgan fingerprint density at radius 2 is 2.03 bits per heavy atom. The molecule has 5 N–H and O–H groups in total. The zero-order chi connectivity index (χ0) is 20.1. The van der Waals surface area contributed by atoms with Gasteiger partial charge in [0, 0.05) is 6.04 Å². The van der Waals surface area contributed by atoms with Crippen molar-refractivity contribution >= 4 is 6.09 Å². The topological polar surface area (TPSA) is 120 Å². The molecule has 29 heavy (non-hydrogen) atoms. The summed E-state index contributed by atoms with van der Waals surface area (Å²) < 4.78 is 48.2. The number of aromatic amines is 1. The summed E-state index contributed by atoms with van der Waals surface area (Å²) in [7, 11) is 1.60. The number of methoxy groups -OCH3 is 1. The van der Waals surface area contributed by atoms with Gasteiger partial charge in [0.05, 0.1) is 19.3 Å². The van der Waals surface area contributed by atoms with E-state index in [1.54, 1.807) is 7.11 Å². The lowest BCUT2D eigenvalue weighted by molar-refractivity contribution is -0.141. The average molecular weight is 416 g/mol. The number of rotatable bonds is 6. The summed E-state index contributed by atoms with van der Waals surface area (Å²) in [5, 5.41) is 11.2. The van der Waals surface area contributed by atoms with Gasteiger partial charge in [0.2, 0.25) is 0 Å². The number of carbonyl (C=O) groups is 1. The molecule has 1 fully saturated rings. The number of carbonyl (C=O) groups excluding carboxylic acids is 1. The van der Waals surface area contributed by atoms with Crippen LogP contribution in [0, 0.1) is 0 Å². The Bertz CT molecular complexity index is 795. The van der Waals surface area contributed by atoms with Gasteiger partial charge in [-0.15, -0.1) is 0 Å². The third-order valence-corrected chi connectivity index (χ3v) is 4.50. The normalized spacial score (nSPS) is 18.8. The fourth-order valence-corrected chi connectivity index (χ4v) is 3.05. The predicted molar refractivity (Wildman–Crippen MR) is 97.4 cm³/mol. The molecule has 11 heteroatoms. The van der Waals surface area contributed by atoms with Gasteiger partial charge in [-0.1, -0.05) is 12.1 Å². The van der Waals surface area contributed by atoms with Crippen LogP contribution in [0.1, 0.15) is 23.4 Å². The van der Waals surface area contributed by atoms with Crippen molar-refractivity contribution in [1.29, 1.82) is 0 Å². The Balaban J connectivity index is 0.00000300. The maximum Gasteiger partial charge on any atom is 0.435 e. The van der Waals surface area contributed by atoms with Gasteiger partial charge < -0.3 is 25.6 Å². The SMILES string of the molecule is COc1ccc(CC2NCCC2OC(=O)NCc2cc(C(F)(F)F)n[nH]2)cc1.O. The maximum atomic E-state index is 12.5. The Labute approximate surface area is 165 Å². The van der Waals surface area contributed by atoms with Crippen LogP contribution in [-0.2, 0) is 23.9 Å². The van der Waals surface area contributed by atoms with Crippen molar-refractivity contribution in [3.05, 3.63) is 47.3 Å². The van der Waals surface area contributed by atoms with E-state index in [1.165, 1.54) is 0 Å². The van der Waals surface area contributed by atoms with Crippen LogP contribution in [-0.4, -0.2) is 47.6 Å². The number of ether oxygens (including phenoxy) is 2. The van der Waals surface area contributed by atoms with Gasteiger partial charge >= 0.3 is 12.3 Å². The first-order valence-corrected chi connectivity index (χ1v) is 8.77. The number of aromatic nitrogens is 2. The van der Waals surface area contributed by atoms with Crippen LogP contribution in [0.2, 0.25) is 0 Å². The van der Waals surface area contributed by atoms with Crippen molar-refractivity contribution in [1.82, 2.24) is 20.8 Å². The summed E-state index contributed by atoms with van der Waals surface area (Å²) >= 11 is 0. The molecular weight excluding hydrogens is 393 g/mol. The molecule has 160 valence electrons. The smallest absolute Gasteiger partial charge is 0.435 e. The molecule has 2 aromatic rings. The van der Waals surface area contributed by atoms with Crippen molar-refractivity contribution in [3.8, 4) is 5.75 Å². The number of hydrogen-bond donors (Lipinski definition) is 3. The Kier molecular flexibility index (Phi) is 7.46. The fourth-order valence-electron chi connectivity index (χ4n) is 3.05. The van der Waals surface area contributed by atoms with E-state index in [2.05, 4.69) is 20.8 Å². The summed E-state index contributed by atoms with van der Waals surface area (Å²) in [5.74, 6) is 0.766. The molecular formula is C18H23F3N4O4. The van der Waals surface area contributed by atoms with Crippen LogP contribution in [0.15, 0.2) is 30.3 Å². The third kappa shape index (κ3) is 6.09. The molecule has 2 heterocycles. The van der Waals surface area contributed by atoms with Crippen LogP contribution in [0.3, 0.4) is 0 Å². The molecule has 0 radical (unpaired) electrons. The van der Waals surface area contributed by atoms with Crippen LogP contribution in [0.4, 0.5) is 18.0 Å². The standard InChI is InChI=1S/C18H21F3N4O3.H2O/c1-27-13-4-2-11(3-5-13)8-14-15(6-7-22-14)28-17(26)23-10-12-9-16(25-24-12)18(19,20)21;/h2-5,9,14-15,22H,6-8,10H2,1H3,(H,23,26)(H,24,25);1H2. The van der Waals surface area contributed by atoms with E-state index >= 15 is 0 Å². The van der Waals surface area contributed by atoms with Crippen LogP contribution in [0.5, 0.6) is 5.75 Å². The highest BCUT2D eigenvalue weighted by molar-refractivity contribution is 5.67. The van der Waals surface area contributed by atoms with Crippen molar-refractivity contribution < 1.29 is 32.9 Å². The Morgan fingerprint density at radius 1 is 1.31 bits per heavy atom. The molecule has 1 aromatic heterocycles. The summed E-state index contributed by atoms with van der Waals surface area (Å²) in [6.45, 7) is 0.583. The summed E-state index contributed by atoms with van der Waals surface area (Å²) in [6.07, 6.45) is -4.20. The van der Waals surface area contributed by atoms with Crippen LogP contribution < -0.4 is 15.4 Å². The summed E-state index contributed by atoms with van der Waals surface area (Å²) in [5.41, 5.74) is 0.187. The number of benzene rings is 1. The third-order valence-electron chi connectivity index (χ3n) is 4.50. The number of nitrogens with one attached hydrogen (secondary N) is 3. The number of halogens is 3. The van der Waals surface area contributed by atoms with E-state index in [0.717, 1.165) is 17.4 Å². The van der Waals surface area contributed by atoms with Crippen molar-refractivity contribution in [2.75, 3.05) is 13.7 Å². The second kappa shape index (κ2) is 9.61. The maximum absolute atomic E-state index is 12.5. The van der Waals surface area contributed by atoms with E-state index < -0.39 is 18.0 Å². The predicted octanol–water partition coefficient (Wildman–Crippen LogP) is 1.81. The molecule has 1 amide bonds. The fraction of sp³-hybridized carbons (Fsp3) is 0.444. The summed E-state index contributed by atoms with van der Waals surface area (Å²) in [4.78, 5) is 12.0. The number of nitrogens with zero attached hydrogens (tertiary/aromatic N) is 1. The Morgan fingerprint density at radius 3 is 2.66 bits per heavy atom. The Hall–Kier alpha value is -2.79. The first-order chi connectivity index (χ1) is 13.3. The average Bonchev–Trinajstić information content (AvgIpc) is 3.30. The molecule has 1 aliphatic rings. The molecule has 0 spiro atoms. The highest BCUT2D eigenvalue weighted by Gasteiger charge is 2.34. The van der Waals surface area contributed by atoms with Gasteiger partial charge in [-0.2, -0.15) is 18.3 Å². The minimum atomic E-state index is -4.53. The van der Waals surface area contributed by atoms with Crippen LogP contribution >= 0.6 is 0 Å². The van der Waals surface area contributed by atoms with E-state index in [1.807, 2.05) is 24.3 Å². The minimum Gasteiger partial charge on any atom is -0.497 e. The molecule has 0 bridgehead atoms. The van der Waals surface area contributed by atoms with E-state index in [-0.39, 0.29) is 29.9 Å². The lowest BCUT2D eigenvalue weighted by atomic mass is 10.0. The summed E-state index contributed by atoms with van der Waals surface area (Å²) in [6, 6.07) is 8.45. The van der Waals surface area contributed by atoms with Gasteiger partial charge in [-0.3, -0.25) is 5.10 Å². The van der Waals surface area contributed by atoms with Gasteiger partial charge in [-0.25, -0.2) is 4.79 Å². The van der Waals surface area contributed by atoms with Gasteiger partial charge in [0.15, 0.2) is 5.69 Å². The van der Waals surface area contributed by atoms with E-state index in [4.69, 9.17) is 9.47 Å². The van der Waals surface area contributed by atoms with Gasteiger partial charge in [0.25, 0.3) is 0 Å². The zero-order valence-corrected chi connectivity index (χ0v) is 15.7. The number of alkyl carbamates (subject to hydrolysis) is 1. The molecule has 1 aliphatic heterocycles.